The van der Waals surface area contributed by atoms with Crippen LogP contribution in [0.15, 0.2) is 54.1 Å². The lowest BCUT2D eigenvalue weighted by atomic mass is 9.92. The lowest BCUT2D eigenvalue weighted by Crippen LogP contribution is -2.38. The van der Waals surface area contributed by atoms with Crippen molar-refractivity contribution in [3.63, 3.8) is 0 Å². The van der Waals surface area contributed by atoms with Crippen molar-refractivity contribution in [2.45, 2.75) is 32.5 Å². The monoisotopic (exact) mass is 437 g/mol. The summed E-state index contributed by atoms with van der Waals surface area (Å²) >= 11 is 5.75. The van der Waals surface area contributed by atoms with Crippen LogP contribution in [-0.2, 0) is 4.84 Å². The highest BCUT2D eigenvalue weighted by molar-refractivity contribution is 6.29. The van der Waals surface area contributed by atoms with E-state index >= 15 is 0 Å². The number of aliphatic hydroxyl groups excluding tert-OH is 1. The number of aromatic nitrogens is 3. The number of carbonyl (C=O) groups excluding carboxylic acids is 1. The first-order chi connectivity index (χ1) is 14.7. The zero-order valence-corrected chi connectivity index (χ0v) is 17.9. The molecule has 1 atom stereocenters. The van der Waals surface area contributed by atoms with Crippen molar-refractivity contribution >= 4 is 29.0 Å². The summed E-state index contributed by atoms with van der Waals surface area (Å²) in [5.41, 5.74) is 3.24. The van der Waals surface area contributed by atoms with Crippen LogP contribution in [0.1, 0.15) is 35.3 Å². The first-order valence-electron chi connectivity index (χ1n) is 9.55. The number of halogens is 1. The highest BCUT2D eigenvalue weighted by Crippen LogP contribution is 2.29. The summed E-state index contributed by atoms with van der Waals surface area (Å²) in [6.45, 7) is 5.51. The molecule has 31 heavy (non-hydrogen) atoms. The first kappa shape index (κ1) is 20.9. The zero-order valence-electron chi connectivity index (χ0n) is 17.1. The summed E-state index contributed by atoms with van der Waals surface area (Å²) in [5.74, 6) is -0.0523. The summed E-state index contributed by atoms with van der Waals surface area (Å²) < 4.78 is 0. The number of anilines is 1. The average Bonchev–Trinajstić information content (AvgIpc) is 3.02. The van der Waals surface area contributed by atoms with Crippen LogP contribution in [0, 0.1) is 6.92 Å². The molecule has 158 valence electrons. The Morgan fingerprint density at radius 3 is 2.55 bits per heavy atom. The molecule has 0 spiro atoms. The van der Waals surface area contributed by atoms with Gasteiger partial charge in [0.05, 0.1) is 23.7 Å². The highest BCUT2D eigenvalue weighted by Gasteiger charge is 2.40. The fourth-order valence-corrected chi connectivity index (χ4v) is 3.21. The van der Waals surface area contributed by atoms with Gasteiger partial charge in [0.25, 0.3) is 5.91 Å². The van der Waals surface area contributed by atoms with Crippen LogP contribution in [0.2, 0.25) is 5.15 Å². The second kappa shape index (κ2) is 8.05. The van der Waals surface area contributed by atoms with E-state index in [1.54, 1.807) is 32.2 Å². The predicted octanol–water partition coefficient (Wildman–Crippen LogP) is 3.63. The van der Waals surface area contributed by atoms with E-state index in [1.807, 2.05) is 25.1 Å². The number of oxime groups is 1. The fraction of sp³-hybridized carbons (Fsp3) is 0.227. The van der Waals surface area contributed by atoms with Gasteiger partial charge >= 0.3 is 0 Å². The van der Waals surface area contributed by atoms with E-state index in [4.69, 9.17) is 16.4 Å². The number of carbonyl (C=O) groups is 1. The Hall–Kier alpha value is -3.36. The van der Waals surface area contributed by atoms with Crippen molar-refractivity contribution in [2.24, 2.45) is 5.16 Å². The number of amides is 1. The molecule has 1 aliphatic rings. The van der Waals surface area contributed by atoms with Gasteiger partial charge in [0.1, 0.15) is 17.0 Å². The number of pyridine rings is 1. The maximum atomic E-state index is 12.3. The van der Waals surface area contributed by atoms with Crippen LogP contribution < -0.4 is 5.32 Å². The molecule has 8 nitrogen and oxygen atoms in total. The smallest absolute Gasteiger partial charge is 0.258 e. The van der Waals surface area contributed by atoms with Crippen molar-refractivity contribution in [1.82, 2.24) is 15.0 Å². The zero-order chi connectivity index (χ0) is 22.2. The third-order valence-corrected chi connectivity index (χ3v) is 5.21. The van der Waals surface area contributed by atoms with Crippen LogP contribution in [0.4, 0.5) is 5.82 Å². The van der Waals surface area contributed by atoms with E-state index in [0.717, 1.165) is 16.7 Å². The topological polar surface area (TPSA) is 110 Å². The summed E-state index contributed by atoms with van der Waals surface area (Å²) in [6, 6.07) is 8.82. The molecule has 0 saturated carbocycles. The maximum absolute atomic E-state index is 12.3. The number of hydrogen-bond donors (Lipinski definition) is 2. The van der Waals surface area contributed by atoms with Crippen molar-refractivity contribution in [2.75, 3.05) is 5.32 Å². The van der Waals surface area contributed by atoms with Gasteiger partial charge in [0.15, 0.2) is 11.4 Å². The van der Waals surface area contributed by atoms with Crippen molar-refractivity contribution < 1.29 is 14.7 Å². The summed E-state index contributed by atoms with van der Waals surface area (Å²) in [6.07, 6.45) is 3.61. The van der Waals surface area contributed by atoms with Gasteiger partial charge in [0, 0.05) is 17.3 Å². The highest BCUT2D eigenvalue weighted by atomic mass is 35.5. The molecule has 1 aromatic carbocycles. The van der Waals surface area contributed by atoms with Crippen molar-refractivity contribution in [3.8, 4) is 11.3 Å². The minimum atomic E-state index is -0.839. The molecule has 1 unspecified atom stereocenters. The van der Waals surface area contributed by atoms with Crippen LogP contribution in [0.5, 0.6) is 0 Å². The Morgan fingerprint density at radius 1 is 1.13 bits per heavy atom. The molecule has 3 heterocycles. The molecule has 0 aliphatic carbocycles. The van der Waals surface area contributed by atoms with Crippen LogP contribution >= 0.6 is 11.6 Å². The lowest BCUT2D eigenvalue weighted by molar-refractivity contribution is -0.0476. The summed E-state index contributed by atoms with van der Waals surface area (Å²) in [4.78, 5) is 30.3. The SMILES string of the molecule is Cc1ccc(C2=NOC(C)(C)C2O)cc1-c1cnc(NC(=O)c2ccc(Cl)nc2)cn1. The van der Waals surface area contributed by atoms with Gasteiger partial charge < -0.3 is 15.3 Å². The Bertz CT molecular complexity index is 1160. The molecule has 3 aromatic rings. The number of aryl methyl sites for hydroxylation is 1. The van der Waals surface area contributed by atoms with E-state index < -0.39 is 11.7 Å². The van der Waals surface area contributed by atoms with Crippen molar-refractivity contribution in [3.05, 3.63) is 70.8 Å². The number of rotatable bonds is 4. The quantitative estimate of drug-likeness (QED) is 0.603. The van der Waals surface area contributed by atoms with Gasteiger partial charge in [-0.05, 0) is 44.5 Å². The number of nitrogens with one attached hydrogen (secondary N) is 1. The Labute approximate surface area is 184 Å². The molecule has 2 aromatic heterocycles. The van der Waals surface area contributed by atoms with Crippen LogP contribution in [-0.4, -0.2) is 43.4 Å². The molecule has 4 rings (SSSR count). The number of aliphatic hydroxyl groups is 1. The van der Waals surface area contributed by atoms with E-state index in [0.29, 0.717) is 27.9 Å². The van der Waals surface area contributed by atoms with Gasteiger partial charge in [-0.3, -0.25) is 9.78 Å². The van der Waals surface area contributed by atoms with Gasteiger partial charge in [-0.15, -0.1) is 0 Å². The molecule has 1 aliphatic heterocycles. The fourth-order valence-electron chi connectivity index (χ4n) is 3.09. The average molecular weight is 438 g/mol. The predicted molar refractivity (Wildman–Crippen MR) is 117 cm³/mol. The van der Waals surface area contributed by atoms with Gasteiger partial charge in [-0.2, -0.15) is 0 Å². The van der Waals surface area contributed by atoms with E-state index in [-0.39, 0.29) is 5.91 Å². The third-order valence-electron chi connectivity index (χ3n) is 4.99. The molecule has 0 fully saturated rings. The van der Waals surface area contributed by atoms with Gasteiger partial charge in [-0.25, -0.2) is 9.97 Å². The van der Waals surface area contributed by atoms with Crippen LogP contribution in [0.3, 0.4) is 0 Å². The summed E-state index contributed by atoms with van der Waals surface area (Å²) in [7, 11) is 0. The molecule has 0 saturated heterocycles. The number of benzene rings is 1. The molecule has 0 bridgehead atoms. The van der Waals surface area contributed by atoms with Gasteiger partial charge in [0.2, 0.25) is 0 Å². The number of hydrogen-bond acceptors (Lipinski definition) is 7. The molecular formula is C22H20ClN5O3. The van der Waals surface area contributed by atoms with E-state index in [2.05, 4.69) is 25.4 Å². The van der Waals surface area contributed by atoms with Gasteiger partial charge in [-0.1, -0.05) is 28.9 Å². The second-order valence-corrected chi connectivity index (χ2v) is 8.10. The normalized spacial score (nSPS) is 17.1. The molecule has 9 heteroatoms. The molecule has 0 radical (unpaired) electrons. The Kier molecular flexibility index (Phi) is 5.43. The van der Waals surface area contributed by atoms with Crippen LogP contribution in [0.25, 0.3) is 11.3 Å². The number of nitrogens with zero attached hydrogens (tertiary/aromatic N) is 4. The Morgan fingerprint density at radius 2 is 1.94 bits per heavy atom. The maximum Gasteiger partial charge on any atom is 0.258 e. The molecule has 2 N–H and O–H groups in total. The lowest BCUT2D eigenvalue weighted by Gasteiger charge is -2.20. The first-order valence-corrected chi connectivity index (χ1v) is 9.93. The van der Waals surface area contributed by atoms with E-state index in [1.165, 1.54) is 12.4 Å². The minimum Gasteiger partial charge on any atom is -0.386 e. The van der Waals surface area contributed by atoms with Crippen molar-refractivity contribution in [1.29, 1.82) is 0 Å². The minimum absolute atomic E-state index is 0.309. The summed E-state index contributed by atoms with van der Waals surface area (Å²) in [5, 5.41) is 17.5. The van der Waals surface area contributed by atoms with E-state index in [9.17, 15) is 9.90 Å². The molecule has 1 amide bonds. The standard InChI is InChI=1S/C22H20ClN5O3/c1-12-4-5-13(19-20(29)22(2,3)31-28-19)8-15(12)16-10-26-18(11-24-16)27-21(30)14-6-7-17(23)25-9-14/h4-11,20,29H,1-3H3,(H,26,27,30). The largest absolute Gasteiger partial charge is 0.386 e. The Balaban J connectivity index is 1.55. The molecular weight excluding hydrogens is 418 g/mol. The second-order valence-electron chi connectivity index (χ2n) is 7.71. The third kappa shape index (κ3) is 4.26.